The van der Waals surface area contributed by atoms with E-state index in [1.54, 1.807) is 0 Å². The molecule has 2 atom stereocenters. The Balaban J connectivity index is 0.911. The predicted molar refractivity (Wildman–Crippen MR) is 286 cm³/mol. The standard InChI is InChI=1S/C68H45N/c1-4-17-46(18-5-1)47-31-33-48(34-32-47)49-35-37-50(38-36-49)51-39-41-54(42-40-51)69(53-21-8-3-9-22-53)55-43-44-58-56-23-10-13-27-61(56)68(65(58)45-55)63-29-15-14-28-62(63)67(52-19-6-2-7-20-52)60-26-12-11-24-57(60)59-25-16-30-64(68)66(59)67/h1-45H. The zero-order chi connectivity index (χ0) is 45.5. The van der Waals surface area contributed by atoms with Gasteiger partial charge in [-0.05, 0) is 137 Å². The maximum Gasteiger partial charge on any atom is 0.0720 e. The van der Waals surface area contributed by atoms with Gasteiger partial charge in [0.1, 0.15) is 0 Å². The lowest BCUT2D eigenvalue weighted by Crippen LogP contribution is -2.43. The highest BCUT2D eigenvalue weighted by molar-refractivity contribution is 5.97. The molecule has 1 nitrogen and oxygen atoms in total. The highest BCUT2D eigenvalue weighted by Crippen LogP contribution is 2.68. The van der Waals surface area contributed by atoms with Crippen LogP contribution in [0.3, 0.4) is 0 Å². The summed E-state index contributed by atoms with van der Waals surface area (Å²) in [5.41, 5.74) is 25.5. The Labute approximate surface area is 403 Å². The third-order valence-corrected chi connectivity index (χ3v) is 15.4. The molecule has 14 rings (SSSR count). The van der Waals surface area contributed by atoms with E-state index in [0.717, 1.165) is 17.1 Å². The van der Waals surface area contributed by atoms with E-state index in [2.05, 4.69) is 278 Å². The van der Waals surface area contributed by atoms with E-state index in [0.29, 0.717) is 0 Å². The molecule has 3 aliphatic rings. The van der Waals surface area contributed by atoms with Gasteiger partial charge in [-0.1, -0.05) is 237 Å². The Morgan fingerprint density at radius 2 is 0.594 bits per heavy atom. The minimum Gasteiger partial charge on any atom is -0.310 e. The van der Waals surface area contributed by atoms with Crippen molar-refractivity contribution in [2.45, 2.75) is 10.8 Å². The Morgan fingerprint density at radius 3 is 1.19 bits per heavy atom. The molecule has 11 aromatic carbocycles. The maximum atomic E-state index is 2.51. The zero-order valence-electron chi connectivity index (χ0n) is 37.9. The molecule has 0 N–H and O–H groups in total. The topological polar surface area (TPSA) is 3.24 Å². The van der Waals surface area contributed by atoms with Crippen LogP contribution < -0.4 is 4.90 Å². The maximum absolute atomic E-state index is 2.51. The molecular formula is C68H45N. The number of benzene rings is 11. The van der Waals surface area contributed by atoms with E-state index in [1.165, 1.54) is 100 Å². The fourth-order valence-electron chi connectivity index (χ4n) is 12.5. The molecule has 0 aromatic heterocycles. The zero-order valence-corrected chi connectivity index (χ0v) is 37.9. The first-order valence-electron chi connectivity index (χ1n) is 24.1. The molecule has 1 heteroatoms. The molecule has 1 spiro atoms. The molecule has 0 radical (unpaired) electrons. The van der Waals surface area contributed by atoms with Crippen LogP contribution in [0.25, 0.3) is 55.6 Å². The van der Waals surface area contributed by atoms with Gasteiger partial charge < -0.3 is 4.90 Å². The van der Waals surface area contributed by atoms with Crippen molar-refractivity contribution in [2.24, 2.45) is 0 Å². The van der Waals surface area contributed by atoms with Gasteiger partial charge in [0.25, 0.3) is 0 Å². The first-order chi connectivity index (χ1) is 34.2. The number of nitrogens with zero attached hydrogens (tertiary/aromatic N) is 1. The summed E-state index contributed by atoms with van der Waals surface area (Å²) in [6, 6.07) is 102. The van der Waals surface area contributed by atoms with Crippen molar-refractivity contribution in [3.63, 3.8) is 0 Å². The van der Waals surface area contributed by atoms with Crippen LogP contribution in [0.5, 0.6) is 0 Å². The first-order valence-corrected chi connectivity index (χ1v) is 24.1. The number of hydrogen-bond acceptors (Lipinski definition) is 1. The van der Waals surface area contributed by atoms with Gasteiger partial charge in [-0.15, -0.1) is 0 Å². The monoisotopic (exact) mass is 875 g/mol. The summed E-state index contributed by atoms with van der Waals surface area (Å²) in [6.45, 7) is 0. The molecule has 0 saturated carbocycles. The van der Waals surface area contributed by atoms with Crippen LogP contribution in [0.2, 0.25) is 0 Å². The van der Waals surface area contributed by atoms with E-state index in [1.807, 2.05) is 0 Å². The lowest BCUT2D eigenvalue weighted by Gasteiger charge is -2.48. The van der Waals surface area contributed by atoms with Crippen LogP contribution in [0.15, 0.2) is 273 Å². The van der Waals surface area contributed by atoms with Crippen molar-refractivity contribution in [3.8, 4) is 55.6 Å². The lowest BCUT2D eigenvalue weighted by molar-refractivity contribution is 0.636. The molecule has 0 saturated heterocycles. The fourth-order valence-corrected chi connectivity index (χ4v) is 12.5. The second-order valence-corrected chi connectivity index (χ2v) is 18.7. The smallest absolute Gasteiger partial charge is 0.0720 e. The third kappa shape index (κ3) is 5.65. The van der Waals surface area contributed by atoms with Gasteiger partial charge in [-0.25, -0.2) is 0 Å². The quantitative estimate of drug-likeness (QED) is 0.154. The van der Waals surface area contributed by atoms with Gasteiger partial charge in [0, 0.05) is 17.1 Å². The van der Waals surface area contributed by atoms with Crippen molar-refractivity contribution in [2.75, 3.05) is 4.90 Å². The molecule has 2 unspecified atom stereocenters. The van der Waals surface area contributed by atoms with Crippen LogP contribution in [-0.2, 0) is 10.8 Å². The molecular weight excluding hydrogens is 831 g/mol. The van der Waals surface area contributed by atoms with Gasteiger partial charge in [0.05, 0.1) is 10.8 Å². The van der Waals surface area contributed by atoms with Crippen LogP contribution in [0, 0.1) is 0 Å². The number of anilines is 3. The minimum absolute atomic E-state index is 0.479. The third-order valence-electron chi connectivity index (χ3n) is 15.4. The molecule has 0 heterocycles. The van der Waals surface area contributed by atoms with E-state index in [9.17, 15) is 0 Å². The van der Waals surface area contributed by atoms with Crippen molar-refractivity contribution < 1.29 is 0 Å². The summed E-state index contributed by atoms with van der Waals surface area (Å²) in [5.74, 6) is 0. The second-order valence-electron chi connectivity index (χ2n) is 18.7. The summed E-state index contributed by atoms with van der Waals surface area (Å²) in [5, 5.41) is 0. The minimum atomic E-state index is -0.577. The average Bonchev–Trinajstić information content (AvgIpc) is 3.90. The molecule has 3 aliphatic carbocycles. The lowest BCUT2D eigenvalue weighted by atomic mass is 9.52. The number of para-hydroxylation sites is 1. The molecule has 0 bridgehead atoms. The highest BCUT2D eigenvalue weighted by atomic mass is 15.1. The molecule has 0 amide bonds. The number of hydrogen-bond donors (Lipinski definition) is 0. The number of fused-ring (bicyclic) bond motifs is 12. The molecule has 69 heavy (non-hydrogen) atoms. The van der Waals surface area contributed by atoms with Gasteiger partial charge in [0.2, 0.25) is 0 Å². The van der Waals surface area contributed by atoms with Crippen molar-refractivity contribution in [1.29, 1.82) is 0 Å². The Hall–Kier alpha value is -8.78. The Morgan fingerprint density at radius 1 is 0.217 bits per heavy atom. The summed E-state index contributed by atoms with van der Waals surface area (Å²) in [4.78, 5) is 2.43. The largest absolute Gasteiger partial charge is 0.310 e. The van der Waals surface area contributed by atoms with Crippen LogP contribution in [-0.4, -0.2) is 0 Å². The summed E-state index contributed by atoms with van der Waals surface area (Å²) >= 11 is 0. The molecule has 322 valence electrons. The van der Waals surface area contributed by atoms with Gasteiger partial charge in [0.15, 0.2) is 0 Å². The normalized spacial score (nSPS) is 16.5. The second kappa shape index (κ2) is 15.4. The summed E-state index contributed by atoms with van der Waals surface area (Å²) < 4.78 is 0. The summed E-state index contributed by atoms with van der Waals surface area (Å²) in [7, 11) is 0. The molecule has 11 aromatic rings. The fraction of sp³-hybridized carbons (Fsp3) is 0.0294. The van der Waals surface area contributed by atoms with E-state index in [4.69, 9.17) is 0 Å². The Bertz CT molecular complexity index is 3740. The first kappa shape index (κ1) is 39.4. The summed E-state index contributed by atoms with van der Waals surface area (Å²) in [6.07, 6.45) is 0. The van der Waals surface area contributed by atoms with Crippen molar-refractivity contribution >= 4 is 17.1 Å². The van der Waals surface area contributed by atoms with Crippen molar-refractivity contribution in [1.82, 2.24) is 0 Å². The van der Waals surface area contributed by atoms with Gasteiger partial charge in [-0.3, -0.25) is 0 Å². The SMILES string of the molecule is c1ccc(-c2ccc(-c3ccc(-c4ccc(N(c5ccccc5)c5ccc6c(c5)C5(c7ccccc7-6)c6ccccc6C6(c7ccccc7)c7ccccc7-c7cccc5c76)cc4)cc3)cc2)cc1. The molecule has 0 fully saturated rings. The molecule has 0 aliphatic heterocycles. The van der Waals surface area contributed by atoms with Crippen LogP contribution in [0.1, 0.15) is 44.5 Å². The average molecular weight is 876 g/mol. The number of rotatable bonds is 7. The van der Waals surface area contributed by atoms with E-state index in [-0.39, 0.29) is 0 Å². The van der Waals surface area contributed by atoms with Gasteiger partial charge >= 0.3 is 0 Å². The van der Waals surface area contributed by atoms with E-state index >= 15 is 0 Å². The van der Waals surface area contributed by atoms with Crippen LogP contribution >= 0.6 is 0 Å². The van der Waals surface area contributed by atoms with Crippen LogP contribution in [0.4, 0.5) is 17.1 Å². The Kier molecular flexibility index (Phi) is 8.78. The highest BCUT2D eigenvalue weighted by Gasteiger charge is 2.59. The predicted octanol–water partition coefficient (Wildman–Crippen LogP) is 17.2. The van der Waals surface area contributed by atoms with Crippen molar-refractivity contribution in [3.05, 3.63) is 317 Å². The van der Waals surface area contributed by atoms with Gasteiger partial charge in [-0.2, -0.15) is 0 Å². The van der Waals surface area contributed by atoms with E-state index < -0.39 is 10.8 Å².